The largest absolute Gasteiger partial charge is 1.00 e. The smallest absolute Gasteiger partial charge is 0.239 e. The number of anilines is 2. The number of rotatable bonds is 2. The van der Waals surface area contributed by atoms with Crippen molar-refractivity contribution in [1.82, 2.24) is 4.98 Å². The van der Waals surface area contributed by atoms with Crippen LogP contribution in [0.25, 0.3) is 27.8 Å². The summed E-state index contributed by atoms with van der Waals surface area (Å²) in [5.74, 6) is 0. The number of aromatic nitrogens is 2. The second kappa shape index (κ2) is 6.81. The van der Waals surface area contributed by atoms with Crippen molar-refractivity contribution < 1.29 is 17.0 Å². The van der Waals surface area contributed by atoms with Gasteiger partial charge in [-0.1, -0.05) is 18.2 Å². The first-order chi connectivity index (χ1) is 12.0. The molecule has 1 heterocycles. The molecule has 0 saturated heterocycles. The van der Waals surface area contributed by atoms with E-state index in [9.17, 15) is 0 Å². The number of nitrogen functional groups attached to an aromatic ring is 1. The molecule has 0 saturated carbocycles. The summed E-state index contributed by atoms with van der Waals surface area (Å²) in [5.41, 5.74) is 14.2. The summed E-state index contributed by atoms with van der Waals surface area (Å²) < 4.78 is 2.24. The highest BCUT2D eigenvalue weighted by molar-refractivity contribution is 5.86. The van der Waals surface area contributed by atoms with E-state index in [-0.39, 0.29) is 12.4 Å². The second-order valence-corrected chi connectivity index (χ2v) is 6.55. The van der Waals surface area contributed by atoms with E-state index in [4.69, 9.17) is 10.7 Å². The van der Waals surface area contributed by atoms with Gasteiger partial charge in [0.2, 0.25) is 16.7 Å². The van der Waals surface area contributed by atoms with Crippen LogP contribution in [0, 0.1) is 6.92 Å². The Kier molecular flexibility index (Phi) is 4.70. The highest BCUT2D eigenvalue weighted by Crippen LogP contribution is 2.24. The Morgan fingerprint density at radius 3 is 2.27 bits per heavy atom. The maximum Gasteiger partial charge on any atom is 0.239 e. The molecule has 0 bridgehead atoms. The maximum absolute atomic E-state index is 6.21. The topological polar surface area (TPSA) is 46.0 Å². The third-order valence-electron chi connectivity index (χ3n) is 4.58. The molecule has 2 N–H and O–H groups in total. The van der Waals surface area contributed by atoms with Gasteiger partial charge in [-0.25, -0.2) is 4.98 Å². The molecular weight excluding hydrogens is 344 g/mol. The molecule has 132 valence electrons. The Morgan fingerprint density at radius 1 is 0.885 bits per heavy atom. The van der Waals surface area contributed by atoms with E-state index in [1.807, 2.05) is 45.3 Å². The van der Waals surface area contributed by atoms with Crippen LogP contribution in [0.1, 0.15) is 5.56 Å². The Labute approximate surface area is 159 Å². The molecule has 0 amide bonds. The first-order valence-electron chi connectivity index (χ1n) is 8.33. The number of hydrogen-bond donors (Lipinski definition) is 1. The molecule has 0 aliphatic rings. The predicted molar refractivity (Wildman–Crippen MR) is 104 cm³/mol. The molecule has 4 aromatic rings. The van der Waals surface area contributed by atoms with Gasteiger partial charge in [-0.15, -0.1) is 4.57 Å². The van der Waals surface area contributed by atoms with Crippen LogP contribution in [0.3, 0.4) is 0 Å². The zero-order chi connectivity index (χ0) is 17.6. The Bertz CT molecular complexity index is 1090. The van der Waals surface area contributed by atoms with Gasteiger partial charge < -0.3 is 23.0 Å². The van der Waals surface area contributed by atoms with Crippen molar-refractivity contribution in [1.29, 1.82) is 0 Å². The second-order valence-electron chi connectivity index (χ2n) is 6.55. The van der Waals surface area contributed by atoms with Gasteiger partial charge in [-0.3, -0.25) is 0 Å². The lowest BCUT2D eigenvalue weighted by molar-refractivity contribution is -0.538. The van der Waals surface area contributed by atoms with Gasteiger partial charge in [0, 0.05) is 49.7 Å². The van der Waals surface area contributed by atoms with E-state index < -0.39 is 0 Å². The number of nitrogens with zero attached hydrogens (tertiary/aromatic N) is 3. The molecule has 0 aliphatic carbocycles. The minimum Gasteiger partial charge on any atom is -1.00 e. The normalized spacial score (nSPS) is 10.7. The van der Waals surface area contributed by atoms with E-state index in [1.54, 1.807) is 0 Å². The number of nitrogens with two attached hydrogens (primary N) is 1. The molecular formula is C21H21ClN4. The molecule has 0 atom stereocenters. The maximum atomic E-state index is 6.21. The third-order valence-corrected chi connectivity index (χ3v) is 4.58. The number of halogens is 1. The third kappa shape index (κ3) is 2.93. The van der Waals surface area contributed by atoms with E-state index in [2.05, 4.69) is 45.9 Å². The lowest BCUT2D eigenvalue weighted by Gasteiger charge is -2.13. The summed E-state index contributed by atoms with van der Waals surface area (Å²) in [6, 6.07) is 20.8. The fourth-order valence-corrected chi connectivity index (χ4v) is 3.14. The zero-order valence-electron chi connectivity index (χ0n) is 15.1. The monoisotopic (exact) mass is 364 g/mol. The fraction of sp³-hybridized carbons (Fsp3) is 0.143. The Balaban J connectivity index is 0.00000196. The molecule has 0 aliphatic heterocycles. The molecule has 4 rings (SSSR count). The van der Waals surface area contributed by atoms with E-state index in [0.29, 0.717) is 0 Å². The number of aryl methyl sites for hydroxylation is 1. The fourth-order valence-electron chi connectivity index (χ4n) is 3.14. The van der Waals surface area contributed by atoms with Crippen molar-refractivity contribution in [3.8, 4) is 5.69 Å². The molecule has 0 radical (unpaired) electrons. The van der Waals surface area contributed by atoms with Crippen LogP contribution < -0.4 is 27.6 Å². The number of para-hydroxylation sites is 1. The van der Waals surface area contributed by atoms with Crippen LogP contribution in [0.5, 0.6) is 0 Å². The predicted octanol–water partition coefficient (Wildman–Crippen LogP) is 0.625. The van der Waals surface area contributed by atoms with Crippen LogP contribution in [-0.2, 0) is 0 Å². The van der Waals surface area contributed by atoms with Crippen LogP contribution in [0.2, 0.25) is 0 Å². The molecule has 26 heavy (non-hydrogen) atoms. The summed E-state index contributed by atoms with van der Waals surface area (Å²) in [7, 11) is 4.09. The van der Waals surface area contributed by atoms with Gasteiger partial charge >= 0.3 is 0 Å². The summed E-state index contributed by atoms with van der Waals surface area (Å²) >= 11 is 0. The van der Waals surface area contributed by atoms with Gasteiger partial charge in [0.1, 0.15) is 11.0 Å². The van der Waals surface area contributed by atoms with Crippen molar-refractivity contribution in [3.63, 3.8) is 0 Å². The first-order valence-corrected chi connectivity index (χ1v) is 8.33. The average Bonchev–Trinajstić information content (AvgIpc) is 2.61. The molecule has 5 heteroatoms. The lowest BCUT2D eigenvalue weighted by Crippen LogP contribution is -3.00. The van der Waals surface area contributed by atoms with Crippen molar-refractivity contribution in [2.45, 2.75) is 6.92 Å². The van der Waals surface area contributed by atoms with Crippen molar-refractivity contribution in [2.24, 2.45) is 0 Å². The summed E-state index contributed by atoms with van der Waals surface area (Å²) in [4.78, 5) is 6.97. The number of benzene rings is 3. The van der Waals surface area contributed by atoms with Gasteiger partial charge in [-0.05, 0) is 30.7 Å². The summed E-state index contributed by atoms with van der Waals surface area (Å²) in [6.45, 7) is 2.02. The van der Waals surface area contributed by atoms with Crippen LogP contribution in [0.15, 0.2) is 60.7 Å². The SMILES string of the molecule is Cc1cc2nc3ccc(N(C)C)cc3[n+](-c3ccccc3)c2cc1N.[Cl-]. The van der Waals surface area contributed by atoms with Gasteiger partial charge in [0.15, 0.2) is 0 Å². The minimum atomic E-state index is 0. The zero-order valence-corrected chi connectivity index (χ0v) is 15.8. The highest BCUT2D eigenvalue weighted by atomic mass is 35.5. The van der Waals surface area contributed by atoms with Crippen molar-refractivity contribution in [2.75, 3.05) is 24.7 Å². The van der Waals surface area contributed by atoms with Crippen molar-refractivity contribution >= 4 is 33.4 Å². The van der Waals surface area contributed by atoms with E-state index in [0.717, 1.165) is 44.7 Å². The quantitative estimate of drug-likeness (QED) is 0.322. The molecule has 0 unspecified atom stereocenters. The molecule has 0 fully saturated rings. The van der Waals surface area contributed by atoms with Gasteiger partial charge in [-0.2, -0.15) is 0 Å². The van der Waals surface area contributed by atoms with Gasteiger partial charge in [0.25, 0.3) is 0 Å². The highest BCUT2D eigenvalue weighted by Gasteiger charge is 2.20. The standard InChI is InChI=1S/C21H20N4.ClH/c1-14-11-19-21(13-17(14)22)25(15-7-5-4-6-8-15)20-12-16(24(2)3)9-10-18(20)23-19;/h4-13,22H,1-3H3;1H. The summed E-state index contributed by atoms with van der Waals surface area (Å²) in [6.07, 6.45) is 0. The molecule has 1 aromatic heterocycles. The van der Waals surface area contributed by atoms with Gasteiger partial charge in [0.05, 0.1) is 0 Å². The van der Waals surface area contributed by atoms with E-state index in [1.165, 1.54) is 0 Å². The average molecular weight is 365 g/mol. The summed E-state index contributed by atoms with van der Waals surface area (Å²) in [5, 5.41) is 0. The van der Waals surface area contributed by atoms with Crippen LogP contribution in [0.4, 0.5) is 11.4 Å². The molecule has 4 nitrogen and oxygen atoms in total. The first kappa shape index (κ1) is 18.0. The minimum absolute atomic E-state index is 0. The Morgan fingerprint density at radius 2 is 1.58 bits per heavy atom. The molecule has 3 aromatic carbocycles. The number of hydrogen-bond acceptors (Lipinski definition) is 3. The number of fused-ring (bicyclic) bond motifs is 2. The van der Waals surface area contributed by atoms with E-state index >= 15 is 0 Å². The van der Waals surface area contributed by atoms with Crippen molar-refractivity contribution in [3.05, 3.63) is 66.2 Å². The lowest BCUT2D eigenvalue weighted by atomic mass is 10.1. The molecule has 0 spiro atoms. The van der Waals surface area contributed by atoms with Crippen LogP contribution in [-0.4, -0.2) is 19.1 Å². The van der Waals surface area contributed by atoms with Crippen LogP contribution >= 0.6 is 0 Å². The Hall–Kier alpha value is -2.85.